The van der Waals surface area contributed by atoms with Crippen molar-refractivity contribution >= 4 is 5.78 Å². The van der Waals surface area contributed by atoms with Crippen LogP contribution >= 0.6 is 0 Å². The van der Waals surface area contributed by atoms with Gasteiger partial charge in [0.15, 0.2) is 0 Å². The molecule has 0 spiro atoms. The molecule has 0 radical (unpaired) electrons. The molecule has 4 aliphatic carbocycles. The molecule has 0 N–H and O–H groups in total. The van der Waals surface area contributed by atoms with Crippen molar-refractivity contribution in [1.82, 2.24) is 9.80 Å². The minimum Gasteiger partial charge on any atom is -0.308 e. The van der Waals surface area contributed by atoms with Crippen LogP contribution in [0.5, 0.6) is 0 Å². The van der Waals surface area contributed by atoms with Gasteiger partial charge in [-0.2, -0.15) is 0 Å². The number of fused-ring (bicyclic) bond motifs is 5. The number of hydrogen-bond acceptors (Lipinski definition) is 3. The molecule has 0 aromatic heterocycles. The van der Waals surface area contributed by atoms with Crippen molar-refractivity contribution in [3.63, 3.8) is 0 Å². The third-order valence-electron chi connectivity index (χ3n) is 15.4. The average molecular weight is 695 g/mol. The van der Waals surface area contributed by atoms with Crippen LogP contribution in [-0.2, 0) is 4.79 Å². The number of carbonyl (C=O) groups is 1. The van der Waals surface area contributed by atoms with Crippen molar-refractivity contribution < 1.29 is 4.79 Å². The van der Waals surface area contributed by atoms with E-state index < -0.39 is 0 Å². The molecule has 0 aromatic carbocycles. The van der Waals surface area contributed by atoms with Crippen LogP contribution in [0.1, 0.15) is 189 Å². The number of ketones is 1. The molecule has 4 rings (SSSR count). The van der Waals surface area contributed by atoms with Gasteiger partial charge in [0.2, 0.25) is 0 Å². The van der Waals surface area contributed by atoms with Gasteiger partial charge in [0.05, 0.1) is 0 Å². The van der Waals surface area contributed by atoms with Crippen LogP contribution in [0.15, 0.2) is 11.6 Å². The Morgan fingerprint density at radius 3 is 2.10 bits per heavy atom. The number of likely N-dealkylation sites (N-methyl/N-ethyl adjacent to an activating group) is 1. The van der Waals surface area contributed by atoms with Gasteiger partial charge in [-0.1, -0.05) is 137 Å². The van der Waals surface area contributed by atoms with Gasteiger partial charge < -0.3 is 9.80 Å². The Morgan fingerprint density at radius 1 is 0.760 bits per heavy atom. The van der Waals surface area contributed by atoms with E-state index in [-0.39, 0.29) is 5.92 Å². The van der Waals surface area contributed by atoms with Gasteiger partial charge in [0.1, 0.15) is 5.78 Å². The molecule has 0 aliphatic heterocycles. The smallest absolute Gasteiger partial charge is 0.137 e. The lowest BCUT2D eigenvalue weighted by atomic mass is 9.46. The molecule has 3 fully saturated rings. The number of rotatable bonds is 24. The zero-order valence-electron chi connectivity index (χ0n) is 35.0. The van der Waals surface area contributed by atoms with E-state index >= 15 is 0 Å². The SMILES string of the molecule is CCCCCCCCCCCCCN(CCC(=O)[C@H]1CC[C@@]2(C)C(=CC[C@@H]3C2CC[C@@]2(C)C3CC[C@@H]2[C@H](C)CCCC(C)C)C1)CCN(C)C. The highest BCUT2D eigenvalue weighted by Crippen LogP contribution is 2.67. The second-order valence-electron chi connectivity index (χ2n) is 19.6. The number of Topliss-reactive ketones (excluding diaryl/α,β-unsaturated/α-hetero) is 1. The second kappa shape index (κ2) is 20.7. The van der Waals surface area contributed by atoms with Crippen molar-refractivity contribution in [1.29, 1.82) is 0 Å². The molecule has 290 valence electrons. The molecule has 8 atom stereocenters. The van der Waals surface area contributed by atoms with E-state index in [1.165, 1.54) is 128 Å². The molecule has 0 heterocycles. The Hall–Kier alpha value is -0.670. The molecule has 50 heavy (non-hydrogen) atoms. The van der Waals surface area contributed by atoms with Gasteiger partial charge in [0, 0.05) is 32.0 Å². The van der Waals surface area contributed by atoms with Gasteiger partial charge in [0.25, 0.3) is 0 Å². The lowest BCUT2D eigenvalue weighted by molar-refractivity contribution is -0.125. The van der Waals surface area contributed by atoms with Gasteiger partial charge in [-0.05, 0) is 125 Å². The minimum absolute atomic E-state index is 0.264. The predicted octanol–water partition coefficient (Wildman–Crippen LogP) is 12.8. The standard InChI is InChI=1S/C47H86N2O/c1-9-10-11-12-13-14-15-16-17-18-19-32-49(35-34-48(7)8)33-29-45(50)39-27-30-46(5)40(36-39)23-24-41-43-26-25-42(38(4)22-20-21-37(2)3)47(43,6)31-28-44(41)46/h23,37-39,41-44H,9-22,24-36H2,1-8H3/t38-,39+,41+,42-,43?,44?,46+,47-/m1/s1. The highest BCUT2D eigenvalue weighted by Gasteiger charge is 2.59. The maximum absolute atomic E-state index is 13.8. The van der Waals surface area contributed by atoms with E-state index in [9.17, 15) is 4.79 Å². The first-order valence-electron chi connectivity index (χ1n) is 22.6. The summed E-state index contributed by atoms with van der Waals surface area (Å²) in [4.78, 5) is 18.7. The normalized spacial score (nSPS) is 31.5. The van der Waals surface area contributed by atoms with Gasteiger partial charge in [-0.3, -0.25) is 4.79 Å². The molecule has 0 saturated heterocycles. The van der Waals surface area contributed by atoms with Crippen LogP contribution in [0, 0.1) is 52.3 Å². The van der Waals surface area contributed by atoms with E-state index in [0.717, 1.165) is 80.9 Å². The predicted molar refractivity (Wildman–Crippen MR) is 218 cm³/mol. The molecular formula is C47H86N2O. The molecule has 3 heteroatoms. The monoisotopic (exact) mass is 695 g/mol. The first kappa shape index (κ1) is 42.1. The van der Waals surface area contributed by atoms with E-state index in [1.54, 1.807) is 5.57 Å². The second-order valence-corrected chi connectivity index (χ2v) is 19.6. The highest BCUT2D eigenvalue weighted by molar-refractivity contribution is 5.81. The number of hydrogen-bond donors (Lipinski definition) is 0. The molecule has 0 aromatic rings. The van der Waals surface area contributed by atoms with Crippen LogP contribution in [0.4, 0.5) is 0 Å². The largest absolute Gasteiger partial charge is 0.308 e. The summed E-state index contributed by atoms with van der Waals surface area (Å²) < 4.78 is 0. The maximum Gasteiger partial charge on any atom is 0.137 e. The summed E-state index contributed by atoms with van der Waals surface area (Å²) in [5.74, 6) is 6.12. The molecule has 2 unspecified atom stereocenters. The molecule has 0 amide bonds. The summed E-state index contributed by atoms with van der Waals surface area (Å²) in [6, 6.07) is 0. The van der Waals surface area contributed by atoms with Crippen LogP contribution in [-0.4, -0.2) is 55.9 Å². The zero-order chi connectivity index (χ0) is 36.1. The fraction of sp³-hybridized carbons (Fsp3) is 0.936. The molecule has 3 nitrogen and oxygen atoms in total. The van der Waals surface area contributed by atoms with Crippen LogP contribution in [0.3, 0.4) is 0 Å². The number of unbranched alkanes of at least 4 members (excludes halogenated alkanes) is 10. The minimum atomic E-state index is 0.264. The van der Waals surface area contributed by atoms with E-state index in [4.69, 9.17) is 0 Å². The average Bonchev–Trinajstić information content (AvgIpc) is 3.44. The molecular weight excluding hydrogens is 609 g/mol. The Labute approximate surface area is 312 Å². The fourth-order valence-electron chi connectivity index (χ4n) is 12.1. The van der Waals surface area contributed by atoms with E-state index in [0.29, 0.717) is 16.6 Å². The Morgan fingerprint density at radius 2 is 1.44 bits per heavy atom. The highest BCUT2D eigenvalue weighted by atomic mass is 16.1. The Kier molecular flexibility index (Phi) is 17.4. The topological polar surface area (TPSA) is 23.6 Å². The fourth-order valence-corrected chi connectivity index (χ4v) is 12.1. The first-order valence-corrected chi connectivity index (χ1v) is 22.6. The van der Waals surface area contributed by atoms with Crippen LogP contribution in [0.25, 0.3) is 0 Å². The maximum atomic E-state index is 13.8. The van der Waals surface area contributed by atoms with Gasteiger partial charge in [-0.15, -0.1) is 0 Å². The third-order valence-corrected chi connectivity index (χ3v) is 15.4. The Bertz CT molecular complexity index is 1020. The first-order chi connectivity index (χ1) is 24.0. The Balaban J connectivity index is 1.23. The molecule has 3 saturated carbocycles. The lowest BCUT2D eigenvalue weighted by Crippen LogP contribution is -2.50. The van der Waals surface area contributed by atoms with Crippen molar-refractivity contribution in [2.75, 3.05) is 40.3 Å². The quantitative estimate of drug-likeness (QED) is 0.0742. The summed E-state index contributed by atoms with van der Waals surface area (Å²) in [5.41, 5.74) is 2.59. The van der Waals surface area contributed by atoms with Crippen molar-refractivity contribution in [3.8, 4) is 0 Å². The number of allylic oxidation sites excluding steroid dienone is 2. The van der Waals surface area contributed by atoms with Crippen molar-refractivity contribution in [2.45, 2.75) is 189 Å². The summed E-state index contributed by atoms with van der Waals surface area (Å²) in [5, 5.41) is 0. The van der Waals surface area contributed by atoms with E-state index in [1.807, 2.05) is 0 Å². The van der Waals surface area contributed by atoms with Crippen LogP contribution in [0.2, 0.25) is 0 Å². The van der Waals surface area contributed by atoms with Gasteiger partial charge >= 0.3 is 0 Å². The number of carbonyl (C=O) groups excluding carboxylic acids is 1. The van der Waals surface area contributed by atoms with E-state index in [2.05, 4.69) is 71.5 Å². The summed E-state index contributed by atoms with van der Waals surface area (Å²) in [7, 11) is 4.36. The summed E-state index contributed by atoms with van der Waals surface area (Å²) in [6.45, 7) is 19.3. The van der Waals surface area contributed by atoms with Crippen LogP contribution < -0.4 is 0 Å². The van der Waals surface area contributed by atoms with Gasteiger partial charge in [-0.25, -0.2) is 0 Å². The molecule has 4 aliphatic rings. The molecule has 0 bridgehead atoms. The third kappa shape index (κ3) is 11.4. The van der Waals surface area contributed by atoms with Crippen molar-refractivity contribution in [3.05, 3.63) is 11.6 Å². The van der Waals surface area contributed by atoms with Crippen molar-refractivity contribution in [2.24, 2.45) is 52.3 Å². The zero-order valence-corrected chi connectivity index (χ0v) is 35.0. The summed E-state index contributed by atoms with van der Waals surface area (Å²) >= 11 is 0. The summed E-state index contributed by atoms with van der Waals surface area (Å²) in [6.07, 6.45) is 33.6. The number of nitrogens with zero attached hydrogens (tertiary/aromatic N) is 2. The lowest BCUT2D eigenvalue weighted by Gasteiger charge is -2.58.